The quantitative estimate of drug-likeness (QED) is 0.734. The standard InChI is InChI=1S/C21H21N3O3S/c1-13-8-14(2)10-15(9-13)21(25)22-20-18-11-28(26)12-19(18)23-24(20)16-4-6-17(27-3)7-5-16/h4-10H,11-12H2,1-3H3,(H,22,25)/t28-/m0/s1. The van der Waals surface area contributed by atoms with Gasteiger partial charge in [-0.3, -0.25) is 9.00 Å². The van der Waals surface area contributed by atoms with Crippen LogP contribution >= 0.6 is 0 Å². The highest BCUT2D eigenvalue weighted by atomic mass is 32.2. The first-order chi connectivity index (χ1) is 13.4. The maximum absolute atomic E-state index is 12.9. The average molecular weight is 395 g/mol. The minimum atomic E-state index is -0.982. The summed E-state index contributed by atoms with van der Waals surface area (Å²) in [5, 5.41) is 7.62. The molecule has 6 nitrogen and oxygen atoms in total. The van der Waals surface area contributed by atoms with E-state index in [1.165, 1.54) is 0 Å². The number of carbonyl (C=O) groups is 1. The van der Waals surface area contributed by atoms with Crippen LogP contribution in [0.3, 0.4) is 0 Å². The molecule has 1 N–H and O–H groups in total. The molecule has 3 aromatic rings. The van der Waals surface area contributed by atoms with Gasteiger partial charge < -0.3 is 10.1 Å². The molecule has 4 rings (SSSR count). The topological polar surface area (TPSA) is 73.2 Å². The molecule has 144 valence electrons. The molecule has 0 saturated heterocycles. The molecule has 1 aliphatic rings. The molecule has 2 aromatic carbocycles. The number of aryl methyl sites for hydroxylation is 2. The molecular weight excluding hydrogens is 374 g/mol. The molecule has 0 aliphatic carbocycles. The van der Waals surface area contributed by atoms with Gasteiger partial charge in [0, 0.05) is 21.9 Å². The Balaban J connectivity index is 1.74. The molecule has 0 spiro atoms. The van der Waals surface area contributed by atoms with Gasteiger partial charge in [0.05, 0.1) is 30.0 Å². The predicted octanol–water partition coefficient (Wildman–Crippen LogP) is 3.51. The van der Waals surface area contributed by atoms with Gasteiger partial charge in [0.15, 0.2) is 0 Å². The summed E-state index contributed by atoms with van der Waals surface area (Å²) in [7, 11) is 0.631. The van der Waals surface area contributed by atoms with Gasteiger partial charge in [-0.1, -0.05) is 17.2 Å². The van der Waals surface area contributed by atoms with Crippen LogP contribution in [0, 0.1) is 13.8 Å². The van der Waals surface area contributed by atoms with Crippen LogP contribution in [-0.4, -0.2) is 27.0 Å². The van der Waals surface area contributed by atoms with Gasteiger partial charge in [-0.05, 0) is 50.2 Å². The average Bonchev–Trinajstić information content (AvgIpc) is 3.18. The van der Waals surface area contributed by atoms with Crippen molar-refractivity contribution >= 4 is 22.5 Å². The molecule has 1 aliphatic heterocycles. The van der Waals surface area contributed by atoms with E-state index in [1.807, 2.05) is 56.3 Å². The van der Waals surface area contributed by atoms with Crippen LogP contribution in [0.5, 0.6) is 5.75 Å². The van der Waals surface area contributed by atoms with Crippen LogP contribution < -0.4 is 10.1 Å². The second-order valence-corrected chi connectivity index (χ2v) is 8.40. The summed E-state index contributed by atoms with van der Waals surface area (Å²) in [6.07, 6.45) is 0. The maximum atomic E-state index is 12.9. The number of anilines is 1. The number of aromatic nitrogens is 2. The van der Waals surface area contributed by atoms with Crippen LogP contribution in [0.15, 0.2) is 42.5 Å². The zero-order valence-corrected chi connectivity index (χ0v) is 16.8. The summed E-state index contributed by atoms with van der Waals surface area (Å²) in [5.41, 5.74) is 5.06. The van der Waals surface area contributed by atoms with Gasteiger partial charge in [0.2, 0.25) is 0 Å². The van der Waals surface area contributed by atoms with E-state index in [1.54, 1.807) is 11.8 Å². The highest BCUT2D eigenvalue weighted by Gasteiger charge is 2.28. The monoisotopic (exact) mass is 395 g/mol. The molecule has 0 saturated carbocycles. The molecule has 0 fully saturated rings. The first-order valence-electron chi connectivity index (χ1n) is 8.94. The number of hydrogen-bond acceptors (Lipinski definition) is 4. The molecule has 1 atom stereocenters. The first kappa shape index (κ1) is 18.4. The zero-order valence-electron chi connectivity index (χ0n) is 16.0. The van der Waals surface area contributed by atoms with Gasteiger partial charge >= 0.3 is 0 Å². The van der Waals surface area contributed by atoms with Crippen molar-refractivity contribution < 1.29 is 13.7 Å². The summed E-state index contributed by atoms with van der Waals surface area (Å²) in [4.78, 5) is 12.9. The fraction of sp³-hybridized carbons (Fsp3) is 0.238. The third kappa shape index (κ3) is 3.45. The number of benzene rings is 2. The minimum Gasteiger partial charge on any atom is -0.497 e. The molecule has 1 amide bonds. The van der Waals surface area contributed by atoms with Crippen molar-refractivity contribution in [1.29, 1.82) is 0 Å². The third-order valence-electron chi connectivity index (χ3n) is 4.70. The van der Waals surface area contributed by atoms with Gasteiger partial charge in [-0.15, -0.1) is 0 Å². The SMILES string of the molecule is COc1ccc(-n2nc3c(c2NC(=O)c2cc(C)cc(C)c2)C[S@](=O)C3)cc1. The molecule has 0 unspecified atom stereocenters. The Morgan fingerprint density at radius 2 is 1.79 bits per heavy atom. The number of ether oxygens (including phenoxy) is 1. The van der Waals surface area contributed by atoms with E-state index in [2.05, 4.69) is 10.4 Å². The summed E-state index contributed by atoms with van der Waals surface area (Å²) >= 11 is 0. The number of carbonyl (C=O) groups excluding carboxylic acids is 1. The Morgan fingerprint density at radius 3 is 2.43 bits per heavy atom. The van der Waals surface area contributed by atoms with Gasteiger partial charge in [-0.2, -0.15) is 5.10 Å². The molecule has 7 heteroatoms. The lowest BCUT2D eigenvalue weighted by atomic mass is 10.1. The molecule has 2 heterocycles. The first-order valence-corrected chi connectivity index (χ1v) is 10.4. The highest BCUT2D eigenvalue weighted by molar-refractivity contribution is 7.83. The van der Waals surface area contributed by atoms with E-state index >= 15 is 0 Å². The number of amides is 1. The maximum Gasteiger partial charge on any atom is 0.256 e. The Labute approximate surface area is 166 Å². The van der Waals surface area contributed by atoms with E-state index in [9.17, 15) is 9.00 Å². The minimum absolute atomic E-state index is 0.207. The summed E-state index contributed by atoms with van der Waals surface area (Å²) < 4.78 is 18.9. The Kier molecular flexibility index (Phi) is 4.77. The van der Waals surface area contributed by atoms with Crippen molar-refractivity contribution in [1.82, 2.24) is 9.78 Å². The second kappa shape index (κ2) is 7.24. The number of fused-ring (bicyclic) bond motifs is 1. The predicted molar refractivity (Wildman–Crippen MR) is 110 cm³/mol. The Bertz CT molecular complexity index is 1070. The lowest BCUT2D eigenvalue weighted by Crippen LogP contribution is -2.17. The number of nitrogens with zero attached hydrogens (tertiary/aromatic N) is 2. The van der Waals surface area contributed by atoms with E-state index in [0.29, 0.717) is 22.9 Å². The molecular formula is C21H21N3O3S. The number of nitrogens with one attached hydrogen (secondary N) is 1. The van der Waals surface area contributed by atoms with Crippen LogP contribution in [0.25, 0.3) is 5.69 Å². The fourth-order valence-corrected chi connectivity index (χ4v) is 4.72. The second-order valence-electron chi connectivity index (χ2n) is 6.94. The third-order valence-corrected chi connectivity index (χ3v) is 5.91. The van der Waals surface area contributed by atoms with Crippen LogP contribution in [0.4, 0.5) is 5.82 Å². The summed E-state index contributed by atoms with van der Waals surface area (Å²) in [6, 6.07) is 13.2. The smallest absolute Gasteiger partial charge is 0.256 e. The molecule has 0 radical (unpaired) electrons. The van der Waals surface area contributed by atoms with E-state index in [4.69, 9.17) is 4.74 Å². The van der Waals surface area contributed by atoms with Crippen molar-refractivity contribution in [3.8, 4) is 11.4 Å². The highest BCUT2D eigenvalue weighted by Crippen LogP contribution is 2.32. The number of rotatable bonds is 4. The van der Waals surface area contributed by atoms with Gasteiger partial charge in [-0.25, -0.2) is 4.68 Å². The van der Waals surface area contributed by atoms with Crippen LogP contribution in [-0.2, 0) is 22.3 Å². The van der Waals surface area contributed by atoms with Crippen molar-refractivity contribution in [2.24, 2.45) is 0 Å². The number of hydrogen-bond donors (Lipinski definition) is 1. The van der Waals surface area contributed by atoms with E-state index in [0.717, 1.165) is 33.8 Å². The van der Waals surface area contributed by atoms with E-state index < -0.39 is 10.8 Å². The molecule has 1 aromatic heterocycles. The summed E-state index contributed by atoms with van der Waals surface area (Å²) in [5.74, 6) is 1.92. The Hall–Kier alpha value is -2.93. The molecule has 0 bridgehead atoms. The summed E-state index contributed by atoms with van der Waals surface area (Å²) in [6.45, 7) is 3.93. The van der Waals surface area contributed by atoms with E-state index in [-0.39, 0.29) is 5.91 Å². The normalized spacial score (nSPS) is 15.3. The van der Waals surface area contributed by atoms with Crippen molar-refractivity contribution in [2.45, 2.75) is 25.4 Å². The van der Waals surface area contributed by atoms with Crippen molar-refractivity contribution in [2.75, 3.05) is 12.4 Å². The fourth-order valence-electron chi connectivity index (χ4n) is 3.45. The van der Waals surface area contributed by atoms with Crippen LogP contribution in [0.1, 0.15) is 32.7 Å². The van der Waals surface area contributed by atoms with Gasteiger partial charge in [0.1, 0.15) is 11.6 Å². The largest absolute Gasteiger partial charge is 0.497 e. The number of methoxy groups -OCH3 is 1. The van der Waals surface area contributed by atoms with Crippen molar-refractivity contribution in [3.05, 3.63) is 70.4 Å². The Morgan fingerprint density at radius 1 is 1.11 bits per heavy atom. The van der Waals surface area contributed by atoms with Crippen LogP contribution in [0.2, 0.25) is 0 Å². The molecule has 28 heavy (non-hydrogen) atoms. The zero-order chi connectivity index (χ0) is 19.8. The lowest BCUT2D eigenvalue weighted by Gasteiger charge is -2.12. The van der Waals surface area contributed by atoms with Gasteiger partial charge in [0.25, 0.3) is 5.91 Å². The van der Waals surface area contributed by atoms with Crippen molar-refractivity contribution in [3.63, 3.8) is 0 Å². The lowest BCUT2D eigenvalue weighted by molar-refractivity contribution is 0.102.